The zero-order valence-electron chi connectivity index (χ0n) is 14.7. The van der Waals surface area contributed by atoms with Crippen molar-refractivity contribution in [3.05, 3.63) is 29.3 Å². The van der Waals surface area contributed by atoms with Gasteiger partial charge in [0, 0.05) is 29.8 Å². The number of anilines is 1. The largest absolute Gasteiger partial charge is 0.480 e. The highest BCUT2D eigenvalue weighted by molar-refractivity contribution is 6.30. The van der Waals surface area contributed by atoms with E-state index in [9.17, 15) is 9.59 Å². The molecule has 25 heavy (non-hydrogen) atoms. The number of likely N-dealkylation sites (tertiary alicyclic amines) is 1. The summed E-state index contributed by atoms with van der Waals surface area (Å²) >= 11 is 5.94. The van der Waals surface area contributed by atoms with E-state index in [-0.39, 0.29) is 24.5 Å². The minimum absolute atomic E-state index is 0.0569. The van der Waals surface area contributed by atoms with E-state index < -0.39 is 5.97 Å². The number of piperidine rings is 1. The Morgan fingerprint density at radius 1 is 1.40 bits per heavy atom. The fourth-order valence-electron chi connectivity index (χ4n) is 3.29. The van der Waals surface area contributed by atoms with Crippen LogP contribution in [0.1, 0.15) is 26.7 Å². The van der Waals surface area contributed by atoms with E-state index >= 15 is 0 Å². The van der Waals surface area contributed by atoms with E-state index in [0.29, 0.717) is 10.7 Å². The molecular formula is C18H26ClN3O3. The molecule has 1 aromatic rings. The van der Waals surface area contributed by atoms with Crippen LogP contribution in [0.15, 0.2) is 24.3 Å². The van der Waals surface area contributed by atoms with Crippen LogP contribution in [0.3, 0.4) is 0 Å². The van der Waals surface area contributed by atoms with Gasteiger partial charge in [-0.2, -0.15) is 0 Å². The number of likely N-dealkylation sites (N-methyl/N-ethyl adjacent to an activating group) is 1. The molecule has 2 rings (SSSR count). The van der Waals surface area contributed by atoms with Gasteiger partial charge in [0.15, 0.2) is 0 Å². The van der Waals surface area contributed by atoms with Crippen LogP contribution in [0, 0.1) is 0 Å². The smallest absolute Gasteiger partial charge is 0.317 e. The molecule has 6 nitrogen and oxygen atoms in total. The third kappa shape index (κ3) is 5.70. The number of hydrogen-bond acceptors (Lipinski definition) is 4. The maximum absolute atomic E-state index is 12.5. The first-order valence-corrected chi connectivity index (χ1v) is 9.04. The van der Waals surface area contributed by atoms with Gasteiger partial charge in [-0.25, -0.2) is 0 Å². The van der Waals surface area contributed by atoms with Crippen molar-refractivity contribution < 1.29 is 14.7 Å². The minimum atomic E-state index is -0.793. The topological polar surface area (TPSA) is 72.9 Å². The molecule has 1 saturated heterocycles. The molecule has 1 aliphatic heterocycles. The highest BCUT2D eigenvalue weighted by atomic mass is 35.5. The van der Waals surface area contributed by atoms with E-state index in [1.54, 1.807) is 18.2 Å². The van der Waals surface area contributed by atoms with Crippen LogP contribution >= 0.6 is 11.6 Å². The first-order valence-electron chi connectivity index (χ1n) is 8.67. The molecule has 2 N–H and O–H groups in total. The normalized spacial score (nSPS) is 17.4. The Kier molecular flexibility index (Phi) is 7.23. The average Bonchev–Trinajstić information content (AvgIpc) is 2.59. The Balaban J connectivity index is 1.86. The summed E-state index contributed by atoms with van der Waals surface area (Å²) in [5.74, 6) is -0.850. The van der Waals surface area contributed by atoms with Gasteiger partial charge in [0.25, 0.3) is 0 Å². The first kappa shape index (κ1) is 19.7. The lowest BCUT2D eigenvalue weighted by Crippen LogP contribution is -2.51. The van der Waals surface area contributed by atoms with Gasteiger partial charge >= 0.3 is 5.97 Å². The summed E-state index contributed by atoms with van der Waals surface area (Å²) in [6.45, 7) is 6.25. The number of nitrogens with zero attached hydrogens (tertiary/aromatic N) is 2. The Bertz CT molecular complexity index is 603. The summed E-state index contributed by atoms with van der Waals surface area (Å²) in [6, 6.07) is 7.13. The van der Waals surface area contributed by atoms with Crippen LogP contribution in [-0.2, 0) is 9.59 Å². The van der Waals surface area contributed by atoms with Crippen LogP contribution in [0.4, 0.5) is 5.69 Å². The third-order valence-electron chi connectivity index (χ3n) is 4.78. The maximum atomic E-state index is 12.5. The summed E-state index contributed by atoms with van der Waals surface area (Å²) < 4.78 is 0. The number of halogens is 1. The molecule has 1 unspecified atom stereocenters. The number of carbonyl (C=O) groups excluding carboxylic acids is 1. The summed E-state index contributed by atoms with van der Waals surface area (Å²) in [5, 5.41) is 12.5. The molecule has 138 valence electrons. The number of amides is 1. The van der Waals surface area contributed by atoms with E-state index in [2.05, 4.69) is 10.2 Å². The standard InChI is InChI=1S/C18H26ClN3O3/c1-3-21(12-17(23)24)16-7-9-22(10-8-16)13(2)18(25)20-15-6-4-5-14(19)11-15/h4-6,11,13,16H,3,7-10,12H2,1-2H3,(H,20,25)(H,23,24). The second-order valence-corrected chi connectivity index (χ2v) is 6.84. The molecular weight excluding hydrogens is 342 g/mol. The zero-order chi connectivity index (χ0) is 18.4. The first-order chi connectivity index (χ1) is 11.9. The number of nitrogens with one attached hydrogen (secondary N) is 1. The Morgan fingerprint density at radius 3 is 2.64 bits per heavy atom. The van der Waals surface area contributed by atoms with Crippen molar-refractivity contribution in [2.45, 2.75) is 38.8 Å². The lowest BCUT2D eigenvalue weighted by atomic mass is 10.0. The van der Waals surface area contributed by atoms with Crippen molar-refractivity contribution in [3.63, 3.8) is 0 Å². The second kappa shape index (κ2) is 9.17. The van der Waals surface area contributed by atoms with E-state index in [1.807, 2.05) is 24.8 Å². The molecule has 0 saturated carbocycles. The van der Waals surface area contributed by atoms with Gasteiger partial charge in [0.1, 0.15) is 0 Å². The van der Waals surface area contributed by atoms with Crippen LogP contribution in [0.25, 0.3) is 0 Å². The van der Waals surface area contributed by atoms with Gasteiger partial charge in [-0.05, 0) is 44.5 Å². The molecule has 0 bridgehead atoms. The van der Waals surface area contributed by atoms with Crippen molar-refractivity contribution in [2.75, 3.05) is 31.5 Å². The van der Waals surface area contributed by atoms with E-state index in [4.69, 9.17) is 16.7 Å². The van der Waals surface area contributed by atoms with Gasteiger partial charge < -0.3 is 10.4 Å². The molecule has 1 amide bonds. The van der Waals surface area contributed by atoms with Crippen LogP contribution in [0.2, 0.25) is 5.02 Å². The summed E-state index contributed by atoms with van der Waals surface area (Å²) in [7, 11) is 0. The van der Waals surface area contributed by atoms with Crippen LogP contribution < -0.4 is 5.32 Å². The van der Waals surface area contributed by atoms with Crippen molar-refractivity contribution in [3.8, 4) is 0 Å². The Morgan fingerprint density at radius 2 is 2.08 bits per heavy atom. The molecule has 1 aliphatic rings. The lowest BCUT2D eigenvalue weighted by molar-refractivity contribution is -0.139. The zero-order valence-corrected chi connectivity index (χ0v) is 15.5. The van der Waals surface area contributed by atoms with E-state index in [0.717, 1.165) is 32.5 Å². The highest BCUT2D eigenvalue weighted by Gasteiger charge is 2.29. The minimum Gasteiger partial charge on any atom is -0.480 e. The fourth-order valence-corrected chi connectivity index (χ4v) is 3.48. The molecule has 7 heteroatoms. The third-order valence-corrected chi connectivity index (χ3v) is 5.01. The number of carbonyl (C=O) groups is 2. The predicted octanol–water partition coefficient (Wildman–Crippen LogP) is 2.54. The molecule has 1 atom stereocenters. The molecule has 0 spiro atoms. The lowest BCUT2D eigenvalue weighted by Gasteiger charge is -2.39. The number of aliphatic carboxylic acids is 1. The predicted molar refractivity (Wildman–Crippen MR) is 99.0 cm³/mol. The fraction of sp³-hybridized carbons (Fsp3) is 0.556. The summed E-state index contributed by atoms with van der Waals surface area (Å²) in [6.07, 6.45) is 1.74. The van der Waals surface area contributed by atoms with Gasteiger partial charge in [-0.15, -0.1) is 0 Å². The molecule has 1 heterocycles. The van der Waals surface area contributed by atoms with Gasteiger partial charge in [0.05, 0.1) is 12.6 Å². The average molecular weight is 368 g/mol. The quantitative estimate of drug-likeness (QED) is 0.774. The number of carboxylic acid groups (broad SMARTS) is 1. The number of rotatable bonds is 7. The van der Waals surface area contributed by atoms with Crippen molar-refractivity contribution in [1.29, 1.82) is 0 Å². The molecule has 0 aliphatic carbocycles. The van der Waals surface area contributed by atoms with Crippen LogP contribution in [-0.4, -0.2) is 65.0 Å². The van der Waals surface area contributed by atoms with Gasteiger partial charge in [0.2, 0.25) is 5.91 Å². The molecule has 0 aromatic heterocycles. The molecule has 0 radical (unpaired) electrons. The maximum Gasteiger partial charge on any atom is 0.317 e. The summed E-state index contributed by atoms with van der Waals surface area (Å²) in [4.78, 5) is 27.6. The monoisotopic (exact) mass is 367 g/mol. The second-order valence-electron chi connectivity index (χ2n) is 6.40. The number of hydrogen-bond donors (Lipinski definition) is 2. The van der Waals surface area contributed by atoms with Gasteiger partial charge in [-0.1, -0.05) is 24.6 Å². The van der Waals surface area contributed by atoms with Crippen LogP contribution in [0.5, 0.6) is 0 Å². The number of carboxylic acids is 1. The molecule has 1 aromatic carbocycles. The molecule has 1 fully saturated rings. The van der Waals surface area contributed by atoms with Crippen molar-refractivity contribution in [2.24, 2.45) is 0 Å². The Hall–Kier alpha value is -1.63. The Labute approximate surface area is 153 Å². The van der Waals surface area contributed by atoms with Crippen molar-refractivity contribution in [1.82, 2.24) is 9.80 Å². The van der Waals surface area contributed by atoms with E-state index in [1.165, 1.54) is 0 Å². The SMILES string of the molecule is CCN(CC(=O)O)C1CCN(C(C)C(=O)Nc2cccc(Cl)c2)CC1. The van der Waals surface area contributed by atoms with Crippen molar-refractivity contribution >= 4 is 29.2 Å². The highest BCUT2D eigenvalue weighted by Crippen LogP contribution is 2.20. The number of benzene rings is 1. The van der Waals surface area contributed by atoms with Gasteiger partial charge in [-0.3, -0.25) is 19.4 Å². The summed E-state index contributed by atoms with van der Waals surface area (Å²) in [5.41, 5.74) is 0.692.